The molecule has 5 heteroatoms. The number of hydrogen-bond acceptors (Lipinski definition) is 4. The number of carbonyl (C=O) groups excluding carboxylic acids is 1. The molecule has 18 heavy (non-hydrogen) atoms. The summed E-state index contributed by atoms with van der Waals surface area (Å²) in [7, 11) is 0. The molecule has 1 fully saturated rings. The van der Waals surface area contributed by atoms with Crippen LogP contribution in [0.2, 0.25) is 0 Å². The summed E-state index contributed by atoms with van der Waals surface area (Å²) in [5.74, 6) is 0.924. The molecule has 0 spiro atoms. The van der Waals surface area contributed by atoms with Crippen LogP contribution in [0.25, 0.3) is 0 Å². The second kappa shape index (κ2) is 5.52. The molecule has 1 aromatic heterocycles. The van der Waals surface area contributed by atoms with Gasteiger partial charge in [-0.1, -0.05) is 5.16 Å². The van der Waals surface area contributed by atoms with Crippen LogP contribution >= 0.6 is 0 Å². The maximum Gasteiger partial charge on any atom is 0.237 e. The van der Waals surface area contributed by atoms with Gasteiger partial charge >= 0.3 is 0 Å². The fourth-order valence-electron chi connectivity index (χ4n) is 2.59. The summed E-state index contributed by atoms with van der Waals surface area (Å²) in [6, 6.07) is -0.0405. The second-order valence-electron chi connectivity index (χ2n) is 4.97. The Morgan fingerprint density at radius 3 is 2.89 bits per heavy atom. The van der Waals surface area contributed by atoms with Gasteiger partial charge in [0.25, 0.3) is 0 Å². The lowest BCUT2D eigenvalue weighted by Gasteiger charge is -2.20. The van der Waals surface area contributed by atoms with Crippen molar-refractivity contribution in [2.75, 3.05) is 6.54 Å². The van der Waals surface area contributed by atoms with Crippen molar-refractivity contribution >= 4 is 5.91 Å². The topological polar surface area (TPSA) is 67.2 Å². The Morgan fingerprint density at radius 2 is 2.22 bits per heavy atom. The molecule has 1 aliphatic heterocycles. The van der Waals surface area contributed by atoms with Gasteiger partial charge < -0.3 is 9.84 Å². The van der Waals surface area contributed by atoms with E-state index in [1.807, 2.05) is 20.8 Å². The summed E-state index contributed by atoms with van der Waals surface area (Å²) >= 11 is 0. The minimum atomic E-state index is -0.115. The minimum absolute atomic E-state index is 0.0742. The highest BCUT2D eigenvalue weighted by Crippen LogP contribution is 2.22. The first-order valence-electron chi connectivity index (χ1n) is 6.56. The van der Waals surface area contributed by atoms with Crippen LogP contribution in [0.15, 0.2) is 4.52 Å². The highest BCUT2D eigenvalue weighted by molar-refractivity contribution is 5.81. The second-order valence-corrected chi connectivity index (χ2v) is 4.97. The van der Waals surface area contributed by atoms with Gasteiger partial charge in [-0.15, -0.1) is 0 Å². The molecular formula is C13H21N3O2. The highest BCUT2D eigenvalue weighted by Gasteiger charge is 2.25. The van der Waals surface area contributed by atoms with Gasteiger partial charge in [0.15, 0.2) is 0 Å². The fourth-order valence-corrected chi connectivity index (χ4v) is 2.59. The van der Waals surface area contributed by atoms with Crippen molar-refractivity contribution in [2.45, 2.75) is 52.1 Å². The first-order chi connectivity index (χ1) is 8.59. The van der Waals surface area contributed by atoms with Gasteiger partial charge in [0, 0.05) is 18.2 Å². The Labute approximate surface area is 107 Å². The standard InChI is InChI=1S/C13H21N3O2/c1-8(12-9(2)16-18-10(12)3)15-11-6-4-5-7-14-13(11)17/h8,11,15H,4-7H2,1-3H3,(H,14,17). The molecule has 2 heterocycles. The SMILES string of the molecule is Cc1noc(C)c1C(C)NC1CCCCNC1=O. The highest BCUT2D eigenvalue weighted by atomic mass is 16.5. The fraction of sp³-hybridized carbons (Fsp3) is 0.692. The average Bonchev–Trinajstić information content (AvgIpc) is 2.53. The van der Waals surface area contributed by atoms with Crippen LogP contribution in [-0.4, -0.2) is 23.7 Å². The van der Waals surface area contributed by atoms with Crippen molar-refractivity contribution in [2.24, 2.45) is 0 Å². The number of nitrogens with one attached hydrogen (secondary N) is 2. The molecule has 100 valence electrons. The Morgan fingerprint density at radius 1 is 1.44 bits per heavy atom. The Hall–Kier alpha value is -1.36. The van der Waals surface area contributed by atoms with Crippen LogP contribution in [-0.2, 0) is 4.79 Å². The van der Waals surface area contributed by atoms with E-state index in [1.54, 1.807) is 0 Å². The number of amides is 1. The lowest BCUT2D eigenvalue weighted by Crippen LogP contribution is -2.43. The van der Waals surface area contributed by atoms with Gasteiger partial charge in [-0.3, -0.25) is 10.1 Å². The summed E-state index contributed by atoms with van der Waals surface area (Å²) in [5, 5.41) is 10.3. The molecule has 1 saturated heterocycles. The molecule has 0 radical (unpaired) electrons. The zero-order chi connectivity index (χ0) is 13.1. The quantitative estimate of drug-likeness (QED) is 0.856. The lowest BCUT2D eigenvalue weighted by molar-refractivity contribution is -0.123. The van der Waals surface area contributed by atoms with E-state index in [0.29, 0.717) is 0 Å². The van der Waals surface area contributed by atoms with Gasteiger partial charge in [-0.2, -0.15) is 0 Å². The van der Waals surface area contributed by atoms with E-state index in [4.69, 9.17) is 4.52 Å². The van der Waals surface area contributed by atoms with Crippen molar-refractivity contribution in [1.82, 2.24) is 15.8 Å². The summed E-state index contributed by atoms with van der Waals surface area (Å²) < 4.78 is 5.17. The third-order valence-corrected chi connectivity index (χ3v) is 3.51. The first-order valence-corrected chi connectivity index (χ1v) is 6.56. The molecule has 1 aromatic rings. The van der Waals surface area contributed by atoms with E-state index >= 15 is 0 Å². The van der Waals surface area contributed by atoms with Gasteiger partial charge in [0.05, 0.1) is 11.7 Å². The van der Waals surface area contributed by atoms with Crippen LogP contribution in [0.3, 0.4) is 0 Å². The van der Waals surface area contributed by atoms with Crippen LogP contribution in [0.5, 0.6) is 0 Å². The molecule has 2 N–H and O–H groups in total. The van der Waals surface area contributed by atoms with E-state index < -0.39 is 0 Å². The molecule has 2 atom stereocenters. The number of aryl methyl sites for hydroxylation is 2. The Balaban J connectivity index is 2.06. The zero-order valence-electron chi connectivity index (χ0n) is 11.2. The smallest absolute Gasteiger partial charge is 0.237 e. The van der Waals surface area contributed by atoms with Crippen molar-refractivity contribution in [3.63, 3.8) is 0 Å². The molecule has 1 amide bonds. The number of carbonyl (C=O) groups is 1. The molecule has 0 bridgehead atoms. The van der Waals surface area contributed by atoms with Crippen LogP contribution < -0.4 is 10.6 Å². The largest absolute Gasteiger partial charge is 0.361 e. The third kappa shape index (κ3) is 2.72. The molecular weight excluding hydrogens is 230 g/mol. The predicted octanol–water partition coefficient (Wildman–Crippen LogP) is 1.61. The summed E-state index contributed by atoms with van der Waals surface area (Å²) in [6.45, 7) is 6.67. The van der Waals surface area contributed by atoms with Crippen molar-refractivity contribution in [1.29, 1.82) is 0 Å². The molecule has 2 rings (SSSR count). The third-order valence-electron chi connectivity index (χ3n) is 3.51. The maximum absolute atomic E-state index is 11.9. The predicted molar refractivity (Wildman–Crippen MR) is 68.2 cm³/mol. The number of hydrogen-bond donors (Lipinski definition) is 2. The Kier molecular flexibility index (Phi) is 4.01. The van der Waals surface area contributed by atoms with E-state index in [9.17, 15) is 4.79 Å². The van der Waals surface area contributed by atoms with Crippen molar-refractivity contribution in [3.8, 4) is 0 Å². The monoisotopic (exact) mass is 251 g/mol. The van der Waals surface area contributed by atoms with Crippen LogP contribution in [0.1, 0.15) is 49.2 Å². The first kappa shape index (κ1) is 13.1. The maximum atomic E-state index is 11.9. The number of aromatic nitrogens is 1. The number of nitrogens with zero attached hydrogens (tertiary/aromatic N) is 1. The molecule has 0 aromatic carbocycles. The van der Waals surface area contributed by atoms with Gasteiger partial charge in [0.2, 0.25) is 5.91 Å². The summed E-state index contributed by atoms with van der Waals surface area (Å²) in [5.41, 5.74) is 1.95. The van der Waals surface area contributed by atoms with Gasteiger partial charge in [0.1, 0.15) is 5.76 Å². The minimum Gasteiger partial charge on any atom is -0.361 e. The van der Waals surface area contributed by atoms with Crippen molar-refractivity contribution in [3.05, 3.63) is 17.0 Å². The summed E-state index contributed by atoms with van der Waals surface area (Å²) in [6.07, 6.45) is 3.02. The Bertz CT molecular complexity index is 408. The molecule has 0 aliphatic carbocycles. The van der Waals surface area contributed by atoms with Crippen LogP contribution in [0, 0.1) is 13.8 Å². The molecule has 5 nitrogen and oxygen atoms in total. The van der Waals surface area contributed by atoms with Gasteiger partial charge in [-0.25, -0.2) is 0 Å². The summed E-state index contributed by atoms with van der Waals surface area (Å²) in [4.78, 5) is 11.9. The van der Waals surface area contributed by atoms with Crippen molar-refractivity contribution < 1.29 is 9.32 Å². The number of rotatable bonds is 3. The zero-order valence-corrected chi connectivity index (χ0v) is 11.2. The van der Waals surface area contributed by atoms with Gasteiger partial charge in [-0.05, 0) is 40.0 Å². The van der Waals surface area contributed by atoms with Crippen LogP contribution in [0.4, 0.5) is 0 Å². The molecule has 1 aliphatic rings. The average molecular weight is 251 g/mol. The van der Waals surface area contributed by atoms with E-state index in [2.05, 4.69) is 15.8 Å². The van der Waals surface area contributed by atoms with E-state index in [-0.39, 0.29) is 18.0 Å². The molecule has 2 unspecified atom stereocenters. The van der Waals surface area contributed by atoms with E-state index in [1.165, 1.54) is 0 Å². The normalized spacial score (nSPS) is 22.4. The van der Waals surface area contributed by atoms with E-state index in [0.717, 1.165) is 42.8 Å². The lowest BCUT2D eigenvalue weighted by atomic mass is 10.0. The molecule has 0 saturated carbocycles.